The smallest absolute Gasteiger partial charge is 0.0493 e. The molecule has 190 valence electrons. The molecular formula is C38H31Cl. The Hall–Kier alpha value is -3.35. The lowest BCUT2D eigenvalue weighted by molar-refractivity contribution is -0.0399. The van der Waals surface area contributed by atoms with E-state index in [-0.39, 0.29) is 5.41 Å². The van der Waals surface area contributed by atoms with Gasteiger partial charge >= 0.3 is 0 Å². The number of fused-ring (bicyclic) bond motifs is 4. The largest absolute Gasteiger partial charge is 0.0836 e. The molecule has 0 saturated heterocycles. The second-order valence-electron chi connectivity index (χ2n) is 12.7. The number of benzene rings is 5. The SMILES string of the molecule is Clc1cc(-c2ccc(-c3ccc4ccccc4c3)cc2)cc2c1-c1ccccc1C21C2CC3CC(C2)CC1C3. The predicted molar refractivity (Wildman–Crippen MR) is 163 cm³/mol. The topological polar surface area (TPSA) is 0 Å². The van der Waals surface area contributed by atoms with Crippen molar-refractivity contribution in [1.29, 1.82) is 0 Å². The first-order valence-corrected chi connectivity index (χ1v) is 15.1. The van der Waals surface area contributed by atoms with Crippen LogP contribution in [0.4, 0.5) is 0 Å². The van der Waals surface area contributed by atoms with Crippen LogP contribution in [0.25, 0.3) is 44.2 Å². The molecule has 4 bridgehead atoms. The number of halogens is 1. The molecule has 4 saturated carbocycles. The van der Waals surface area contributed by atoms with E-state index in [1.165, 1.54) is 81.8 Å². The zero-order valence-corrected chi connectivity index (χ0v) is 22.8. The highest BCUT2D eigenvalue weighted by Crippen LogP contribution is 2.70. The highest BCUT2D eigenvalue weighted by Gasteiger charge is 2.61. The van der Waals surface area contributed by atoms with Crippen molar-refractivity contribution in [1.82, 2.24) is 0 Å². The van der Waals surface area contributed by atoms with E-state index < -0.39 is 0 Å². The third-order valence-corrected chi connectivity index (χ3v) is 11.2. The molecule has 39 heavy (non-hydrogen) atoms. The minimum Gasteiger partial charge on any atom is -0.0836 e. The summed E-state index contributed by atoms with van der Waals surface area (Å²) < 4.78 is 0. The summed E-state index contributed by atoms with van der Waals surface area (Å²) >= 11 is 7.23. The molecule has 0 aromatic heterocycles. The van der Waals surface area contributed by atoms with Crippen LogP contribution in [0.1, 0.15) is 43.2 Å². The van der Waals surface area contributed by atoms with Crippen molar-refractivity contribution >= 4 is 22.4 Å². The van der Waals surface area contributed by atoms with Gasteiger partial charge in [-0.15, -0.1) is 0 Å². The third-order valence-electron chi connectivity index (χ3n) is 10.9. The summed E-state index contributed by atoms with van der Waals surface area (Å²) in [5.41, 5.74) is 11.0. The third kappa shape index (κ3) is 3.07. The summed E-state index contributed by atoms with van der Waals surface area (Å²) in [7, 11) is 0. The van der Waals surface area contributed by atoms with E-state index in [2.05, 4.69) is 103 Å². The fourth-order valence-corrected chi connectivity index (χ4v) is 9.93. The summed E-state index contributed by atoms with van der Waals surface area (Å²) in [4.78, 5) is 0. The van der Waals surface area contributed by atoms with Crippen LogP contribution in [-0.4, -0.2) is 0 Å². The van der Waals surface area contributed by atoms with Gasteiger partial charge in [-0.05, 0) is 124 Å². The Morgan fingerprint density at radius 2 is 1.13 bits per heavy atom. The zero-order valence-electron chi connectivity index (χ0n) is 22.0. The lowest BCUT2D eigenvalue weighted by atomic mass is 9.43. The lowest BCUT2D eigenvalue weighted by Crippen LogP contribution is -2.55. The van der Waals surface area contributed by atoms with Crippen LogP contribution < -0.4 is 0 Å². The molecule has 1 spiro atoms. The van der Waals surface area contributed by atoms with Gasteiger partial charge in [0.1, 0.15) is 0 Å². The van der Waals surface area contributed by atoms with Crippen LogP contribution in [0.3, 0.4) is 0 Å². The van der Waals surface area contributed by atoms with Crippen molar-refractivity contribution in [2.75, 3.05) is 0 Å². The Morgan fingerprint density at radius 3 is 1.87 bits per heavy atom. The van der Waals surface area contributed by atoms with Crippen molar-refractivity contribution in [3.8, 4) is 33.4 Å². The van der Waals surface area contributed by atoms with Gasteiger partial charge < -0.3 is 0 Å². The molecule has 0 unspecified atom stereocenters. The van der Waals surface area contributed by atoms with Gasteiger partial charge in [0.25, 0.3) is 0 Å². The molecule has 0 amide bonds. The normalized spacial score (nSPS) is 27.7. The monoisotopic (exact) mass is 522 g/mol. The second kappa shape index (κ2) is 8.09. The number of hydrogen-bond donors (Lipinski definition) is 0. The maximum absolute atomic E-state index is 7.23. The average molecular weight is 523 g/mol. The molecule has 0 aliphatic heterocycles. The van der Waals surface area contributed by atoms with Gasteiger partial charge in [0.2, 0.25) is 0 Å². The number of hydrogen-bond acceptors (Lipinski definition) is 0. The Balaban J connectivity index is 1.17. The Morgan fingerprint density at radius 1 is 0.513 bits per heavy atom. The van der Waals surface area contributed by atoms with Gasteiger partial charge in [-0.25, -0.2) is 0 Å². The van der Waals surface area contributed by atoms with Crippen LogP contribution >= 0.6 is 11.6 Å². The maximum atomic E-state index is 7.23. The molecule has 1 heteroatoms. The standard InChI is InChI=1S/C38H31Cl/c39-36-22-30(27-11-9-26(10-12-27)29-14-13-25-5-1-2-6-28(25)20-29)21-35-37(36)33-7-3-4-8-34(33)38(35)31-16-23-15-24(18-31)19-32(38)17-23/h1-14,20-24,31-32H,15-19H2. The molecule has 5 aromatic rings. The quantitative estimate of drug-likeness (QED) is 0.216. The summed E-state index contributed by atoms with van der Waals surface area (Å²) in [5, 5.41) is 3.48. The Kier molecular flexibility index (Phi) is 4.66. The van der Waals surface area contributed by atoms with Gasteiger partial charge in [-0.3, -0.25) is 0 Å². The van der Waals surface area contributed by atoms with Crippen molar-refractivity contribution in [2.24, 2.45) is 23.7 Å². The summed E-state index contributed by atoms with van der Waals surface area (Å²) in [6.45, 7) is 0. The first-order chi connectivity index (χ1) is 19.2. The number of rotatable bonds is 2. The van der Waals surface area contributed by atoms with Crippen molar-refractivity contribution in [2.45, 2.75) is 37.5 Å². The predicted octanol–water partition coefficient (Wildman–Crippen LogP) is 10.5. The maximum Gasteiger partial charge on any atom is 0.0493 e. The molecule has 5 aromatic carbocycles. The van der Waals surface area contributed by atoms with Gasteiger partial charge in [0, 0.05) is 16.0 Å². The van der Waals surface area contributed by atoms with E-state index >= 15 is 0 Å². The van der Waals surface area contributed by atoms with Gasteiger partial charge in [-0.2, -0.15) is 0 Å². The van der Waals surface area contributed by atoms with Gasteiger partial charge in [-0.1, -0.05) is 96.5 Å². The molecule has 4 fully saturated rings. The molecule has 0 heterocycles. The van der Waals surface area contributed by atoms with Crippen LogP contribution in [0.2, 0.25) is 5.02 Å². The minimum absolute atomic E-state index is 0.143. The molecule has 5 aliphatic rings. The lowest BCUT2D eigenvalue weighted by Gasteiger charge is -2.61. The summed E-state index contributed by atoms with van der Waals surface area (Å²) in [5.74, 6) is 3.38. The molecular weight excluding hydrogens is 492 g/mol. The molecule has 0 N–H and O–H groups in total. The van der Waals surface area contributed by atoms with Gasteiger partial charge in [0.05, 0.1) is 0 Å². The average Bonchev–Trinajstić information content (AvgIpc) is 3.26. The fraction of sp³-hybridized carbons (Fsp3) is 0.263. The zero-order chi connectivity index (χ0) is 25.7. The van der Waals surface area contributed by atoms with Crippen LogP contribution in [0.15, 0.2) is 103 Å². The summed E-state index contributed by atoms with van der Waals surface area (Å²) in [6, 6.07) is 38.4. The fourth-order valence-electron chi connectivity index (χ4n) is 9.61. The first-order valence-electron chi connectivity index (χ1n) is 14.7. The highest BCUT2D eigenvalue weighted by molar-refractivity contribution is 6.34. The van der Waals surface area contributed by atoms with E-state index in [4.69, 9.17) is 11.6 Å². The molecule has 5 aliphatic carbocycles. The van der Waals surface area contributed by atoms with Gasteiger partial charge in [0.15, 0.2) is 0 Å². The van der Waals surface area contributed by atoms with Crippen LogP contribution in [0.5, 0.6) is 0 Å². The van der Waals surface area contributed by atoms with E-state index in [0.717, 1.165) is 28.7 Å². The molecule has 0 nitrogen and oxygen atoms in total. The van der Waals surface area contributed by atoms with E-state index in [1.807, 2.05) is 0 Å². The Bertz CT molecular complexity index is 1750. The molecule has 10 rings (SSSR count). The second-order valence-corrected chi connectivity index (χ2v) is 13.1. The minimum atomic E-state index is 0.143. The van der Waals surface area contributed by atoms with Crippen LogP contribution in [0, 0.1) is 23.7 Å². The van der Waals surface area contributed by atoms with Crippen molar-refractivity contribution < 1.29 is 0 Å². The Labute approximate surface area is 235 Å². The molecule has 0 radical (unpaired) electrons. The van der Waals surface area contributed by atoms with Crippen molar-refractivity contribution in [3.63, 3.8) is 0 Å². The van der Waals surface area contributed by atoms with Crippen molar-refractivity contribution in [3.05, 3.63) is 119 Å². The van der Waals surface area contributed by atoms with Crippen LogP contribution in [-0.2, 0) is 5.41 Å². The van der Waals surface area contributed by atoms with E-state index in [9.17, 15) is 0 Å². The first kappa shape index (κ1) is 22.5. The van der Waals surface area contributed by atoms with E-state index in [0.29, 0.717) is 0 Å². The summed E-state index contributed by atoms with van der Waals surface area (Å²) in [6.07, 6.45) is 7.04. The highest BCUT2D eigenvalue weighted by atomic mass is 35.5. The molecule has 0 atom stereocenters. The van der Waals surface area contributed by atoms with E-state index in [1.54, 1.807) is 5.56 Å².